The highest BCUT2D eigenvalue weighted by Crippen LogP contribution is 2.40. The molecule has 1 fully saturated rings. The summed E-state index contributed by atoms with van der Waals surface area (Å²) in [5.74, 6) is -5.20. The molecule has 2 heterocycles. The molecule has 0 unspecified atom stereocenters. The van der Waals surface area contributed by atoms with Crippen molar-refractivity contribution >= 4 is 16.9 Å². The molecule has 1 aliphatic rings. The van der Waals surface area contributed by atoms with Crippen molar-refractivity contribution in [1.29, 1.82) is 0 Å². The number of aliphatic carboxylic acids is 1. The van der Waals surface area contributed by atoms with E-state index in [2.05, 4.69) is 4.98 Å². The molecule has 4 rings (SSSR count). The van der Waals surface area contributed by atoms with Crippen LogP contribution in [0.25, 0.3) is 10.9 Å². The number of ether oxygens (including phenoxy) is 2. The predicted octanol–water partition coefficient (Wildman–Crippen LogP) is 4.86. The average molecular weight is 537 g/mol. The highest BCUT2D eigenvalue weighted by molar-refractivity contribution is 5.84. The van der Waals surface area contributed by atoms with Crippen LogP contribution < -0.4 is 9.47 Å². The van der Waals surface area contributed by atoms with Gasteiger partial charge in [0.15, 0.2) is 17.4 Å². The number of carboxylic acids is 1. The first kappa shape index (κ1) is 27.6. The molecule has 11 heteroatoms. The van der Waals surface area contributed by atoms with E-state index in [1.807, 2.05) is 4.90 Å². The normalized spacial score (nSPS) is 16.4. The molecule has 3 aromatic rings. The number of aromatic nitrogens is 1. The molecular formula is C27H28F4N2O5. The zero-order valence-electron chi connectivity index (χ0n) is 20.7. The van der Waals surface area contributed by atoms with Gasteiger partial charge in [-0.3, -0.25) is 14.7 Å². The van der Waals surface area contributed by atoms with E-state index in [1.165, 1.54) is 7.11 Å². The molecule has 1 atom stereocenters. The number of aliphatic hydroxyl groups is 1. The van der Waals surface area contributed by atoms with E-state index < -0.39 is 46.5 Å². The van der Waals surface area contributed by atoms with Gasteiger partial charge in [-0.25, -0.2) is 17.6 Å². The van der Waals surface area contributed by atoms with Crippen molar-refractivity contribution in [2.75, 3.05) is 33.4 Å². The highest BCUT2D eigenvalue weighted by atomic mass is 19.1. The molecule has 2 N–H and O–H groups in total. The maximum absolute atomic E-state index is 14.7. The van der Waals surface area contributed by atoms with Gasteiger partial charge in [-0.05, 0) is 57.0 Å². The van der Waals surface area contributed by atoms with Crippen molar-refractivity contribution in [2.24, 2.45) is 5.41 Å². The van der Waals surface area contributed by atoms with Crippen LogP contribution in [0.2, 0.25) is 0 Å². The van der Waals surface area contributed by atoms with E-state index >= 15 is 0 Å². The van der Waals surface area contributed by atoms with Gasteiger partial charge in [0.25, 0.3) is 0 Å². The van der Waals surface area contributed by atoms with Crippen molar-refractivity contribution in [3.63, 3.8) is 0 Å². The quantitative estimate of drug-likeness (QED) is 0.358. The molecule has 2 aromatic carbocycles. The molecule has 0 spiro atoms. The molecular weight excluding hydrogens is 508 g/mol. The molecule has 1 aromatic heterocycles. The first-order chi connectivity index (χ1) is 18.1. The minimum atomic E-state index is -1.25. The minimum Gasteiger partial charge on any atom is -0.497 e. The zero-order valence-corrected chi connectivity index (χ0v) is 20.7. The number of nitrogens with zero attached hydrogens (tertiary/aromatic N) is 2. The van der Waals surface area contributed by atoms with E-state index in [-0.39, 0.29) is 44.4 Å². The van der Waals surface area contributed by atoms with E-state index in [1.54, 1.807) is 18.2 Å². The summed E-state index contributed by atoms with van der Waals surface area (Å²) in [7, 11) is 1.47. The second kappa shape index (κ2) is 11.5. The molecule has 1 aliphatic heterocycles. The first-order valence-corrected chi connectivity index (χ1v) is 12.2. The smallest absolute Gasteiger partial charge is 0.309 e. The fraction of sp³-hybridized carbons (Fsp3) is 0.407. The number of likely N-dealkylation sites (tertiary alicyclic amines) is 1. The Morgan fingerprint density at radius 3 is 2.42 bits per heavy atom. The van der Waals surface area contributed by atoms with Crippen LogP contribution in [-0.4, -0.2) is 59.4 Å². The van der Waals surface area contributed by atoms with E-state index in [9.17, 15) is 32.6 Å². The number of benzene rings is 2. The monoisotopic (exact) mass is 536 g/mol. The SMILES string of the molecule is COc1ccc2ncc(F)c([C@@H](O)CCC3(C(=O)O)CCN(CCOc4c(F)cc(F)cc4F)CC3)c2c1. The van der Waals surface area contributed by atoms with Crippen molar-refractivity contribution in [3.8, 4) is 11.5 Å². The maximum Gasteiger partial charge on any atom is 0.309 e. The zero-order chi connectivity index (χ0) is 27.4. The number of aliphatic hydroxyl groups excluding tert-OH is 1. The second-order valence-corrected chi connectivity index (χ2v) is 9.43. The van der Waals surface area contributed by atoms with E-state index in [0.29, 0.717) is 41.9 Å². The Morgan fingerprint density at radius 2 is 1.79 bits per heavy atom. The van der Waals surface area contributed by atoms with Crippen LogP contribution in [0.3, 0.4) is 0 Å². The summed E-state index contributed by atoms with van der Waals surface area (Å²) >= 11 is 0. The number of piperidine rings is 1. The molecule has 7 nitrogen and oxygen atoms in total. The third-order valence-corrected chi connectivity index (χ3v) is 7.18. The number of hydrogen-bond donors (Lipinski definition) is 2. The van der Waals surface area contributed by atoms with E-state index in [4.69, 9.17) is 9.47 Å². The van der Waals surface area contributed by atoms with Gasteiger partial charge in [0, 0.05) is 29.6 Å². The second-order valence-electron chi connectivity index (χ2n) is 9.43. The standard InChI is InChI=1S/C27H28F4N2O5/c1-37-17-2-3-22-18(14-17)24(21(31)15-32-22)23(34)4-5-27(26(35)36)6-8-33(9-7-27)10-11-38-25-19(29)12-16(28)13-20(25)30/h2-3,12-15,23,34H,4-11H2,1H3,(H,35,36)/t23-/m0/s1. The Balaban J connectivity index is 1.37. The van der Waals surface area contributed by atoms with Gasteiger partial charge in [-0.15, -0.1) is 0 Å². The Kier molecular flexibility index (Phi) is 8.37. The molecule has 0 amide bonds. The van der Waals surface area contributed by atoms with Crippen LogP contribution in [0, 0.1) is 28.7 Å². The topological polar surface area (TPSA) is 92.1 Å². The van der Waals surface area contributed by atoms with Crippen LogP contribution in [-0.2, 0) is 4.79 Å². The first-order valence-electron chi connectivity index (χ1n) is 12.2. The van der Waals surface area contributed by atoms with Gasteiger partial charge >= 0.3 is 5.97 Å². The molecule has 0 radical (unpaired) electrons. The van der Waals surface area contributed by atoms with Crippen molar-refractivity contribution in [1.82, 2.24) is 9.88 Å². The number of halogens is 4. The molecule has 1 saturated heterocycles. The fourth-order valence-electron chi connectivity index (χ4n) is 4.91. The highest BCUT2D eigenvalue weighted by Gasteiger charge is 2.41. The average Bonchev–Trinajstić information content (AvgIpc) is 2.89. The van der Waals surface area contributed by atoms with Gasteiger partial charge in [0.05, 0.1) is 30.3 Å². The summed E-state index contributed by atoms with van der Waals surface area (Å²) in [6, 6.07) is 5.98. The Morgan fingerprint density at radius 1 is 1.11 bits per heavy atom. The lowest BCUT2D eigenvalue weighted by Crippen LogP contribution is -2.45. The largest absolute Gasteiger partial charge is 0.497 e. The van der Waals surface area contributed by atoms with Crippen LogP contribution >= 0.6 is 0 Å². The van der Waals surface area contributed by atoms with Gasteiger partial charge in [0.1, 0.15) is 24.0 Å². The lowest BCUT2D eigenvalue weighted by atomic mass is 9.74. The lowest BCUT2D eigenvalue weighted by Gasteiger charge is -2.39. The van der Waals surface area contributed by atoms with Crippen molar-refractivity contribution < 1.29 is 42.0 Å². The maximum atomic E-state index is 14.7. The van der Waals surface area contributed by atoms with Crippen LogP contribution in [0.4, 0.5) is 17.6 Å². The third kappa shape index (κ3) is 5.83. The predicted molar refractivity (Wildman–Crippen MR) is 130 cm³/mol. The Labute approximate surface area is 216 Å². The van der Waals surface area contributed by atoms with Gasteiger partial charge in [-0.1, -0.05) is 0 Å². The summed E-state index contributed by atoms with van der Waals surface area (Å²) < 4.78 is 65.6. The van der Waals surface area contributed by atoms with Gasteiger partial charge < -0.3 is 19.7 Å². The summed E-state index contributed by atoms with van der Waals surface area (Å²) in [6.45, 7) is 0.967. The molecule has 38 heavy (non-hydrogen) atoms. The third-order valence-electron chi connectivity index (χ3n) is 7.18. The van der Waals surface area contributed by atoms with E-state index in [0.717, 1.165) is 6.20 Å². The van der Waals surface area contributed by atoms with Crippen LogP contribution in [0.1, 0.15) is 37.4 Å². The molecule has 204 valence electrons. The van der Waals surface area contributed by atoms with Crippen LogP contribution in [0.5, 0.6) is 11.5 Å². The lowest BCUT2D eigenvalue weighted by molar-refractivity contribution is -0.153. The number of pyridine rings is 1. The Bertz CT molecular complexity index is 1290. The van der Waals surface area contributed by atoms with Crippen LogP contribution in [0.15, 0.2) is 36.5 Å². The minimum absolute atomic E-state index is 0.0196. The molecule has 0 aliphatic carbocycles. The number of carboxylic acid groups (broad SMARTS) is 1. The number of fused-ring (bicyclic) bond motifs is 1. The van der Waals surface area contributed by atoms with Crippen molar-refractivity contribution in [3.05, 3.63) is 65.4 Å². The molecule has 0 bridgehead atoms. The summed E-state index contributed by atoms with van der Waals surface area (Å²) in [5, 5.41) is 21.3. The summed E-state index contributed by atoms with van der Waals surface area (Å²) in [5.41, 5.74) is -0.598. The fourth-order valence-corrected chi connectivity index (χ4v) is 4.91. The summed E-state index contributed by atoms with van der Waals surface area (Å²) in [6.07, 6.45) is 0.447. The van der Waals surface area contributed by atoms with Gasteiger partial charge in [-0.2, -0.15) is 0 Å². The number of hydrogen-bond acceptors (Lipinski definition) is 6. The number of methoxy groups -OCH3 is 1. The summed E-state index contributed by atoms with van der Waals surface area (Å²) in [4.78, 5) is 18.2. The number of rotatable bonds is 10. The molecule has 0 saturated carbocycles. The Hall–Kier alpha value is -3.44. The van der Waals surface area contributed by atoms with Gasteiger partial charge in [0.2, 0.25) is 0 Å². The van der Waals surface area contributed by atoms with Crippen molar-refractivity contribution in [2.45, 2.75) is 31.8 Å². The number of carbonyl (C=O) groups is 1.